The number of oxazole rings is 1. The number of nitrogens with one attached hydrogen (secondary N) is 1. The number of hydrogen-bond acceptors (Lipinski definition) is 7. The number of hydrogen-bond donors (Lipinski definition) is 1. The van der Waals surface area contributed by atoms with Crippen LogP contribution in [0, 0.1) is 0 Å². The monoisotopic (exact) mass is 353 g/mol. The Kier molecular flexibility index (Phi) is 3.64. The number of fused-ring (bicyclic) bond motifs is 1. The SMILES string of the molecule is CN1CCCC1c1nnc(Nc2nc3cc(C(F)(F)F)ccc3o2)o1. The minimum atomic E-state index is -4.44. The van der Waals surface area contributed by atoms with E-state index in [0.717, 1.165) is 31.5 Å². The van der Waals surface area contributed by atoms with Crippen LogP contribution in [0.15, 0.2) is 27.0 Å². The molecule has 4 rings (SSSR count). The summed E-state index contributed by atoms with van der Waals surface area (Å²) in [7, 11) is 1.98. The Labute approximate surface area is 139 Å². The maximum Gasteiger partial charge on any atom is 0.416 e. The fourth-order valence-corrected chi connectivity index (χ4v) is 2.89. The molecule has 0 saturated carbocycles. The lowest BCUT2D eigenvalue weighted by Gasteiger charge is -2.14. The number of benzene rings is 1. The normalized spacial score (nSPS) is 19.0. The Hall–Kier alpha value is -2.62. The van der Waals surface area contributed by atoms with Crippen LogP contribution >= 0.6 is 0 Å². The highest BCUT2D eigenvalue weighted by Gasteiger charge is 2.31. The van der Waals surface area contributed by atoms with Crippen LogP contribution in [0.2, 0.25) is 0 Å². The Morgan fingerprint density at radius 1 is 1.20 bits per heavy atom. The quantitative estimate of drug-likeness (QED) is 0.768. The molecule has 0 spiro atoms. The zero-order valence-corrected chi connectivity index (χ0v) is 13.2. The average molecular weight is 353 g/mol. The predicted octanol–water partition coefficient (Wildman–Crippen LogP) is 3.74. The van der Waals surface area contributed by atoms with E-state index in [9.17, 15) is 13.2 Å². The Morgan fingerprint density at radius 3 is 2.76 bits per heavy atom. The summed E-state index contributed by atoms with van der Waals surface area (Å²) in [6.45, 7) is 0.961. The first-order chi connectivity index (χ1) is 11.9. The van der Waals surface area contributed by atoms with Gasteiger partial charge in [-0.2, -0.15) is 18.2 Å². The standard InChI is InChI=1S/C15H14F3N5O2/c1-23-6-2-3-10(23)12-21-22-14(25-12)20-13-19-9-7-8(15(16,17)18)4-5-11(9)24-13/h4-5,7,10H,2-3,6H2,1H3,(H,19,20,22). The van der Waals surface area contributed by atoms with Gasteiger partial charge in [-0.3, -0.25) is 10.2 Å². The maximum atomic E-state index is 12.7. The molecule has 2 aromatic heterocycles. The molecule has 3 heterocycles. The highest BCUT2D eigenvalue weighted by molar-refractivity contribution is 5.75. The lowest BCUT2D eigenvalue weighted by molar-refractivity contribution is -0.137. The van der Waals surface area contributed by atoms with Gasteiger partial charge in [-0.05, 0) is 44.6 Å². The van der Waals surface area contributed by atoms with Crippen LogP contribution in [-0.2, 0) is 6.18 Å². The van der Waals surface area contributed by atoms with Gasteiger partial charge >= 0.3 is 18.2 Å². The van der Waals surface area contributed by atoms with E-state index in [1.165, 1.54) is 6.07 Å². The van der Waals surface area contributed by atoms with Gasteiger partial charge in [0.1, 0.15) is 5.52 Å². The zero-order chi connectivity index (χ0) is 17.6. The smallest absolute Gasteiger partial charge is 0.416 e. The number of likely N-dealkylation sites (tertiary alicyclic amines) is 1. The van der Waals surface area contributed by atoms with E-state index in [-0.39, 0.29) is 29.2 Å². The second-order valence-electron chi connectivity index (χ2n) is 5.91. The molecule has 10 heteroatoms. The van der Waals surface area contributed by atoms with Crippen molar-refractivity contribution in [3.8, 4) is 0 Å². The molecule has 1 N–H and O–H groups in total. The van der Waals surface area contributed by atoms with Crippen molar-refractivity contribution in [3.63, 3.8) is 0 Å². The summed E-state index contributed by atoms with van der Waals surface area (Å²) < 4.78 is 49.1. The third-order valence-electron chi connectivity index (χ3n) is 4.17. The van der Waals surface area contributed by atoms with Gasteiger partial charge in [-0.15, -0.1) is 5.10 Å². The first kappa shape index (κ1) is 15.9. The summed E-state index contributed by atoms with van der Waals surface area (Å²) in [4.78, 5) is 6.11. The summed E-state index contributed by atoms with van der Waals surface area (Å²) in [6.07, 6.45) is -2.45. The van der Waals surface area contributed by atoms with Crippen LogP contribution in [0.4, 0.5) is 25.2 Å². The number of aromatic nitrogens is 3. The molecule has 0 amide bonds. The van der Waals surface area contributed by atoms with Crippen LogP contribution in [0.1, 0.15) is 30.3 Å². The molecule has 3 aromatic rings. The van der Waals surface area contributed by atoms with Crippen LogP contribution < -0.4 is 5.32 Å². The van der Waals surface area contributed by atoms with Crippen molar-refractivity contribution in [1.29, 1.82) is 0 Å². The molecule has 1 saturated heterocycles. The van der Waals surface area contributed by atoms with Gasteiger partial charge < -0.3 is 8.83 Å². The van der Waals surface area contributed by atoms with E-state index in [1.807, 2.05) is 7.05 Å². The van der Waals surface area contributed by atoms with Gasteiger partial charge in [-0.25, -0.2) is 0 Å². The molecule has 132 valence electrons. The van der Waals surface area contributed by atoms with Crippen LogP contribution in [0.5, 0.6) is 0 Å². The highest BCUT2D eigenvalue weighted by atomic mass is 19.4. The largest absolute Gasteiger partial charge is 0.423 e. The molecule has 1 aromatic carbocycles. The van der Waals surface area contributed by atoms with Crippen molar-refractivity contribution in [2.75, 3.05) is 18.9 Å². The zero-order valence-electron chi connectivity index (χ0n) is 13.2. The topological polar surface area (TPSA) is 80.2 Å². The number of anilines is 2. The Bertz CT molecular complexity index is 904. The maximum absolute atomic E-state index is 12.7. The van der Waals surface area contributed by atoms with Crippen LogP contribution in [-0.4, -0.2) is 33.7 Å². The number of halogens is 3. The molecule has 1 fully saturated rings. The van der Waals surface area contributed by atoms with E-state index in [2.05, 4.69) is 25.4 Å². The third-order valence-corrected chi connectivity index (χ3v) is 4.17. The molecule has 0 aliphatic carbocycles. The number of alkyl halides is 3. The minimum Gasteiger partial charge on any atom is -0.423 e. The third kappa shape index (κ3) is 3.04. The second-order valence-corrected chi connectivity index (χ2v) is 5.91. The molecular formula is C15H14F3N5O2. The van der Waals surface area contributed by atoms with Crippen molar-refractivity contribution < 1.29 is 22.0 Å². The van der Waals surface area contributed by atoms with Crippen molar-refractivity contribution in [1.82, 2.24) is 20.1 Å². The molecule has 1 aliphatic rings. The van der Waals surface area contributed by atoms with E-state index in [1.54, 1.807) is 0 Å². The first-order valence-corrected chi connectivity index (χ1v) is 7.68. The van der Waals surface area contributed by atoms with E-state index in [0.29, 0.717) is 5.89 Å². The highest BCUT2D eigenvalue weighted by Crippen LogP contribution is 2.33. The van der Waals surface area contributed by atoms with Crippen LogP contribution in [0.25, 0.3) is 11.1 Å². The summed E-state index contributed by atoms with van der Waals surface area (Å²) in [5.41, 5.74) is -0.470. The minimum absolute atomic E-state index is 0.00991. The molecule has 1 unspecified atom stereocenters. The van der Waals surface area contributed by atoms with Gasteiger partial charge in [0.15, 0.2) is 5.58 Å². The Balaban J connectivity index is 1.56. The fourth-order valence-electron chi connectivity index (χ4n) is 2.89. The number of nitrogens with zero attached hydrogens (tertiary/aromatic N) is 4. The summed E-state index contributed by atoms with van der Waals surface area (Å²) in [6, 6.07) is 3.24. The average Bonchev–Trinajstić information content (AvgIpc) is 3.24. The molecule has 0 radical (unpaired) electrons. The summed E-state index contributed by atoms with van der Waals surface area (Å²) in [5, 5.41) is 10.6. The van der Waals surface area contributed by atoms with Crippen molar-refractivity contribution in [2.24, 2.45) is 0 Å². The van der Waals surface area contributed by atoms with E-state index in [4.69, 9.17) is 8.83 Å². The van der Waals surface area contributed by atoms with Crippen molar-refractivity contribution in [3.05, 3.63) is 29.7 Å². The Morgan fingerprint density at radius 2 is 2.04 bits per heavy atom. The van der Waals surface area contributed by atoms with Gasteiger partial charge in [0, 0.05) is 0 Å². The van der Waals surface area contributed by atoms with Gasteiger partial charge in [-0.1, -0.05) is 5.10 Å². The van der Waals surface area contributed by atoms with E-state index >= 15 is 0 Å². The first-order valence-electron chi connectivity index (χ1n) is 7.68. The van der Waals surface area contributed by atoms with Gasteiger partial charge in [0.05, 0.1) is 11.6 Å². The molecule has 1 atom stereocenters. The molecule has 7 nitrogen and oxygen atoms in total. The van der Waals surface area contributed by atoms with Gasteiger partial charge in [0.2, 0.25) is 5.89 Å². The molecule has 1 aliphatic heterocycles. The molecular weight excluding hydrogens is 339 g/mol. The summed E-state index contributed by atoms with van der Waals surface area (Å²) >= 11 is 0. The second kappa shape index (κ2) is 5.73. The number of rotatable bonds is 3. The van der Waals surface area contributed by atoms with Crippen molar-refractivity contribution >= 4 is 23.1 Å². The molecule has 25 heavy (non-hydrogen) atoms. The fraction of sp³-hybridized carbons (Fsp3) is 0.400. The van der Waals surface area contributed by atoms with E-state index < -0.39 is 11.7 Å². The lowest BCUT2D eigenvalue weighted by atomic mass is 10.2. The van der Waals surface area contributed by atoms with Crippen molar-refractivity contribution in [2.45, 2.75) is 25.1 Å². The summed E-state index contributed by atoms with van der Waals surface area (Å²) in [5.74, 6) is 0.484. The van der Waals surface area contributed by atoms with Gasteiger partial charge in [0.25, 0.3) is 0 Å². The lowest BCUT2D eigenvalue weighted by Crippen LogP contribution is -2.17. The predicted molar refractivity (Wildman–Crippen MR) is 81.2 cm³/mol. The molecule has 0 bridgehead atoms. The van der Waals surface area contributed by atoms with Crippen LogP contribution in [0.3, 0.4) is 0 Å².